The molecule has 0 amide bonds. The van der Waals surface area contributed by atoms with Crippen molar-refractivity contribution >= 4 is 0 Å². The van der Waals surface area contributed by atoms with Crippen LogP contribution in [0.25, 0.3) is 0 Å². The van der Waals surface area contributed by atoms with Crippen LogP contribution >= 0.6 is 0 Å². The van der Waals surface area contributed by atoms with Crippen molar-refractivity contribution in [2.24, 2.45) is 11.5 Å². The molecule has 54 valence electrons. The van der Waals surface area contributed by atoms with E-state index in [1.165, 1.54) is 5.56 Å². The fraction of sp³-hybridized carbons (Fsp3) is 0.250. The van der Waals surface area contributed by atoms with Gasteiger partial charge in [-0.15, -0.1) is 0 Å². The molecule has 0 aromatic heterocycles. The standard InChI is InChI=1S/C8H12N2/c1-6-2-4-7(5-3-6)8(9)10/h2-5,8H,9-10H2,1H3. The molecule has 1 aromatic carbocycles. The highest BCUT2D eigenvalue weighted by atomic mass is 14.8. The lowest BCUT2D eigenvalue weighted by molar-refractivity contribution is 0.773. The van der Waals surface area contributed by atoms with Gasteiger partial charge >= 0.3 is 0 Å². The first-order valence-corrected chi connectivity index (χ1v) is 3.28. The largest absolute Gasteiger partial charge is 0.312 e. The minimum atomic E-state index is -0.347. The van der Waals surface area contributed by atoms with Crippen molar-refractivity contribution in [1.82, 2.24) is 0 Å². The van der Waals surface area contributed by atoms with Gasteiger partial charge in [-0.2, -0.15) is 0 Å². The molecular formula is C8H12N2. The Labute approximate surface area is 60.8 Å². The SMILES string of the molecule is Cc1ccc(C(N)N)cc1. The molecule has 0 aliphatic rings. The molecule has 10 heavy (non-hydrogen) atoms. The summed E-state index contributed by atoms with van der Waals surface area (Å²) in [6.07, 6.45) is -0.347. The van der Waals surface area contributed by atoms with E-state index in [0.717, 1.165) is 5.56 Å². The molecule has 0 heterocycles. The number of hydrogen-bond acceptors (Lipinski definition) is 2. The monoisotopic (exact) mass is 136 g/mol. The van der Waals surface area contributed by atoms with Crippen molar-refractivity contribution < 1.29 is 0 Å². The maximum Gasteiger partial charge on any atom is 0.0784 e. The van der Waals surface area contributed by atoms with Gasteiger partial charge in [0.2, 0.25) is 0 Å². The summed E-state index contributed by atoms with van der Waals surface area (Å²) >= 11 is 0. The van der Waals surface area contributed by atoms with E-state index in [-0.39, 0.29) is 6.17 Å². The minimum Gasteiger partial charge on any atom is -0.312 e. The lowest BCUT2D eigenvalue weighted by Crippen LogP contribution is -2.19. The maximum absolute atomic E-state index is 5.44. The molecule has 4 N–H and O–H groups in total. The van der Waals surface area contributed by atoms with Crippen LogP contribution in [-0.4, -0.2) is 0 Å². The molecule has 0 unspecified atom stereocenters. The summed E-state index contributed by atoms with van der Waals surface area (Å²) in [5.74, 6) is 0. The number of hydrogen-bond donors (Lipinski definition) is 2. The van der Waals surface area contributed by atoms with Gasteiger partial charge in [0, 0.05) is 0 Å². The van der Waals surface area contributed by atoms with Gasteiger partial charge < -0.3 is 11.5 Å². The molecule has 0 saturated heterocycles. The van der Waals surface area contributed by atoms with Crippen LogP contribution in [0.2, 0.25) is 0 Å². The predicted octanol–water partition coefficient (Wildman–Crippen LogP) is 0.911. The summed E-state index contributed by atoms with van der Waals surface area (Å²) in [5.41, 5.74) is 13.1. The van der Waals surface area contributed by atoms with E-state index in [1.807, 2.05) is 31.2 Å². The second kappa shape index (κ2) is 2.82. The smallest absolute Gasteiger partial charge is 0.0784 e. The van der Waals surface area contributed by atoms with Crippen molar-refractivity contribution in [3.05, 3.63) is 35.4 Å². The summed E-state index contributed by atoms with van der Waals surface area (Å²) in [6.45, 7) is 2.03. The summed E-state index contributed by atoms with van der Waals surface area (Å²) in [6, 6.07) is 7.89. The maximum atomic E-state index is 5.44. The number of nitrogens with two attached hydrogens (primary N) is 2. The second-order valence-corrected chi connectivity index (χ2v) is 2.44. The normalized spacial score (nSPS) is 10.4. The van der Waals surface area contributed by atoms with Crippen LogP contribution in [0.5, 0.6) is 0 Å². The molecule has 0 atom stereocenters. The molecule has 0 radical (unpaired) electrons. The average molecular weight is 136 g/mol. The van der Waals surface area contributed by atoms with Crippen LogP contribution < -0.4 is 11.5 Å². The molecule has 0 aliphatic heterocycles. The van der Waals surface area contributed by atoms with Gasteiger partial charge in [-0.3, -0.25) is 0 Å². The molecule has 0 fully saturated rings. The van der Waals surface area contributed by atoms with Crippen molar-refractivity contribution in [3.8, 4) is 0 Å². The van der Waals surface area contributed by atoms with Crippen LogP contribution in [0.15, 0.2) is 24.3 Å². The van der Waals surface area contributed by atoms with Gasteiger partial charge in [-0.25, -0.2) is 0 Å². The van der Waals surface area contributed by atoms with Crippen LogP contribution in [0.1, 0.15) is 17.3 Å². The Morgan fingerprint density at radius 2 is 1.60 bits per heavy atom. The Balaban J connectivity index is 2.89. The Kier molecular flexibility index (Phi) is 2.04. The third-order valence-electron chi connectivity index (χ3n) is 1.46. The molecule has 2 heteroatoms. The Morgan fingerprint density at radius 1 is 1.10 bits per heavy atom. The lowest BCUT2D eigenvalue weighted by atomic mass is 10.1. The molecule has 0 aliphatic carbocycles. The fourth-order valence-electron chi connectivity index (χ4n) is 0.789. The van der Waals surface area contributed by atoms with Gasteiger partial charge in [-0.05, 0) is 12.5 Å². The molecule has 0 saturated carbocycles. The van der Waals surface area contributed by atoms with Crippen LogP contribution in [0.4, 0.5) is 0 Å². The van der Waals surface area contributed by atoms with Gasteiger partial charge in [-0.1, -0.05) is 29.8 Å². The first-order valence-electron chi connectivity index (χ1n) is 3.28. The zero-order chi connectivity index (χ0) is 7.56. The van der Waals surface area contributed by atoms with E-state index < -0.39 is 0 Å². The molecule has 1 aromatic rings. The topological polar surface area (TPSA) is 52.0 Å². The van der Waals surface area contributed by atoms with Gasteiger partial charge in [0.1, 0.15) is 0 Å². The lowest BCUT2D eigenvalue weighted by Gasteiger charge is -2.04. The van der Waals surface area contributed by atoms with Crippen LogP contribution in [0, 0.1) is 6.92 Å². The van der Waals surface area contributed by atoms with E-state index in [2.05, 4.69) is 0 Å². The summed E-state index contributed by atoms with van der Waals surface area (Å²) < 4.78 is 0. The average Bonchev–Trinajstić information content (AvgIpc) is 1.88. The Morgan fingerprint density at radius 3 is 2.00 bits per heavy atom. The highest BCUT2D eigenvalue weighted by Crippen LogP contribution is 2.05. The third kappa shape index (κ3) is 1.56. The van der Waals surface area contributed by atoms with Gasteiger partial charge in [0.25, 0.3) is 0 Å². The highest BCUT2D eigenvalue weighted by Gasteiger charge is 1.95. The molecule has 1 rings (SSSR count). The first-order chi connectivity index (χ1) is 4.70. The van der Waals surface area contributed by atoms with Crippen molar-refractivity contribution in [3.63, 3.8) is 0 Å². The number of benzene rings is 1. The number of aryl methyl sites for hydroxylation is 1. The minimum absolute atomic E-state index is 0.347. The summed E-state index contributed by atoms with van der Waals surface area (Å²) in [5, 5.41) is 0. The van der Waals surface area contributed by atoms with E-state index in [0.29, 0.717) is 0 Å². The second-order valence-electron chi connectivity index (χ2n) is 2.44. The summed E-state index contributed by atoms with van der Waals surface area (Å²) in [4.78, 5) is 0. The van der Waals surface area contributed by atoms with Crippen molar-refractivity contribution in [2.75, 3.05) is 0 Å². The molecule has 2 nitrogen and oxygen atoms in total. The number of rotatable bonds is 1. The van der Waals surface area contributed by atoms with E-state index in [4.69, 9.17) is 11.5 Å². The van der Waals surface area contributed by atoms with Gasteiger partial charge in [0.15, 0.2) is 0 Å². The van der Waals surface area contributed by atoms with Crippen LogP contribution in [-0.2, 0) is 0 Å². The van der Waals surface area contributed by atoms with Crippen molar-refractivity contribution in [1.29, 1.82) is 0 Å². The highest BCUT2D eigenvalue weighted by molar-refractivity contribution is 5.22. The Hall–Kier alpha value is -0.860. The van der Waals surface area contributed by atoms with E-state index in [1.54, 1.807) is 0 Å². The zero-order valence-electron chi connectivity index (χ0n) is 6.04. The predicted molar refractivity (Wildman–Crippen MR) is 42.3 cm³/mol. The first kappa shape index (κ1) is 7.25. The van der Waals surface area contributed by atoms with Crippen LogP contribution in [0.3, 0.4) is 0 Å². The van der Waals surface area contributed by atoms with Crippen molar-refractivity contribution in [2.45, 2.75) is 13.1 Å². The van der Waals surface area contributed by atoms with E-state index in [9.17, 15) is 0 Å². The van der Waals surface area contributed by atoms with Gasteiger partial charge in [0.05, 0.1) is 6.17 Å². The van der Waals surface area contributed by atoms with E-state index >= 15 is 0 Å². The quantitative estimate of drug-likeness (QED) is 0.564. The Bertz CT molecular complexity index is 201. The summed E-state index contributed by atoms with van der Waals surface area (Å²) in [7, 11) is 0. The molecular weight excluding hydrogens is 124 g/mol. The zero-order valence-corrected chi connectivity index (χ0v) is 6.04. The molecule has 0 bridgehead atoms. The molecule has 0 spiro atoms. The third-order valence-corrected chi connectivity index (χ3v) is 1.46. The fourth-order valence-corrected chi connectivity index (χ4v) is 0.789.